The summed E-state index contributed by atoms with van der Waals surface area (Å²) in [5.74, 6) is -2.86. The summed E-state index contributed by atoms with van der Waals surface area (Å²) in [5, 5.41) is 16.9. The van der Waals surface area contributed by atoms with Gasteiger partial charge in [0, 0.05) is 80.1 Å². The molecule has 1 saturated carbocycles. The number of aromatic nitrogens is 1. The molecule has 1 unspecified atom stereocenters. The van der Waals surface area contributed by atoms with Gasteiger partial charge in [-0.25, -0.2) is 13.6 Å². The van der Waals surface area contributed by atoms with Crippen LogP contribution in [0.15, 0.2) is 72.9 Å². The first kappa shape index (κ1) is 42.6. The summed E-state index contributed by atoms with van der Waals surface area (Å²) >= 11 is 1.29. The molecule has 0 radical (unpaired) electrons. The molecule has 6 amide bonds. The van der Waals surface area contributed by atoms with Crippen LogP contribution in [0.2, 0.25) is 0 Å². The van der Waals surface area contributed by atoms with E-state index >= 15 is 4.39 Å². The number of hydrogen-bond donors (Lipinski definition) is 4. The maximum Gasteiger partial charge on any atom is 0.404 e. The van der Waals surface area contributed by atoms with E-state index in [1.165, 1.54) is 17.8 Å². The summed E-state index contributed by atoms with van der Waals surface area (Å²) in [6, 6.07) is 14.4. The highest BCUT2D eigenvalue weighted by molar-refractivity contribution is 7.99. The van der Waals surface area contributed by atoms with Gasteiger partial charge in [-0.3, -0.25) is 28.9 Å². The fourth-order valence-electron chi connectivity index (χ4n) is 7.22. The number of carboxylic acid groups (broad SMARTS) is 1. The number of thioether (sulfide) groups is 1. The molecule has 2 aliphatic rings. The third-order valence-electron chi connectivity index (χ3n) is 9.94. The Morgan fingerprint density at radius 3 is 2.28 bits per heavy atom. The minimum atomic E-state index is -1.17. The lowest BCUT2D eigenvalue weighted by Gasteiger charge is -2.40. The third kappa shape index (κ3) is 12.5. The molecule has 3 aromatic rings. The van der Waals surface area contributed by atoms with Crippen molar-refractivity contribution >= 4 is 47.4 Å². The maximum atomic E-state index is 15.2. The van der Waals surface area contributed by atoms with E-state index < -0.39 is 48.0 Å². The van der Waals surface area contributed by atoms with Gasteiger partial charge in [0.2, 0.25) is 17.7 Å². The number of halogens is 2. The molecule has 1 aromatic heterocycles. The van der Waals surface area contributed by atoms with Gasteiger partial charge in [-0.05, 0) is 55.0 Å². The van der Waals surface area contributed by atoms with E-state index in [1.807, 2.05) is 41.0 Å². The largest absolute Gasteiger partial charge is 0.465 e. The lowest BCUT2D eigenvalue weighted by Crippen LogP contribution is -2.43. The van der Waals surface area contributed by atoms with E-state index in [0.717, 1.165) is 72.5 Å². The zero-order valence-electron chi connectivity index (χ0n) is 31.6. The molecule has 16 heteroatoms. The van der Waals surface area contributed by atoms with Crippen molar-refractivity contribution in [3.8, 4) is 11.1 Å². The van der Waals surface area contributed by atoms with Crippen LogP contribution >= 0.6 is 11.8 Å². The molecule has 0 bridgehead atoms. The summed E-state index contributed by atoms with van der Waals surface area (Å²) in [6.45, 7) is 0.587. The summed E-state index contributed by atoms with van der Waals surface area (Å²) in [6.07, 6.45) is 7.96. The predicted molar refractivity (Wildman–Crippen MR) is 211 cm³/mol. The number of amides is 6. The van der Waals surface area contributed by atoms with Crippen molar-refractivity contribution in [2.24, 2.45) is 5.92 Å². The van der Waals surface area contributed by atoms with Crippen LogP contribution in [0.1, 0.15) is 62.2 Å². The third-order valence-corrected chi connectivity index (χ3v) is 10.9. The molecule has 13 nitrogen and oxygen atoms in total. The maximum absolute atomic E-state index is 15.2. The van der Waals surface area contributed by atoms with Gasteiger partial charge in [0.15, 0.2) is 0 Å². The van der Waals surface area contributed by atoms with Crippen LogP contribution in [0.4, 0.5) is 13.6 Å². The summed E-state index contributed by atoms with van der Waals surface area (Å²) in [7, 11) is 0. The molecule has 57 heavy (non-hydrogen) atoms. The Morgan fingerprint density at radius 1 is 0.877 bits per heavy atom. The molecule has 0 saturated heterocycles. The van der Waals surface area contributed by atoms with Crippen molar-refractivity contribution in [2.45, 2.75) is 57.5 Å². The van der Waals surface area contributed by atoms with E-state index in [4.69, 9.17) is 0 Å². The number of hydrogen-bond acceptors (Lipinski definition) is 7. The van der Waals surface area contributed by atoms with Crippen LogP contribution in [-0.2, 0) is 30.5 Å². The van der Waals surface area contributed by atoms with Gasteiger partial charge < -0.3 is 30.5 Å². The van der Waals surface area contributed by atoms with E-state index in [2.05, 4.69) is 16.0 Å². The van der Waals surface area contributed by atoms with Crippen molar-refractivity contribution in [2.75, 3.05) is 44.2 Å². The van der Waals surface area contributed by atoms with Crippen molar-refractivity contribution in [1.29, 1.82) is 0 Å². The molecule has 1 aliphatic heterocycles. The van der Waals surface area contributed by atoms with Crippen LogP contribution in [0.5, 0.6) is 0 Å². The fourth-order valence-corrected chi connectivity index (χ4v) is 8.03. The van der Waals surface area contributed by atoms with Gasteiger partial charge in [-0.15, -0.1) is 0 Å². The number of nitrogens with zero attached hydrogens (tertiary/aromatic N) is 3. The van der Waals surface area contributed by atoms with Crippen LogP contribution in [-0.4, -0.2) is 99.3 Å². The normalized spacial score (nSPS) is 14.7. The van der Waals surface area contributed by atoms with Gasteiger partial charge in [-0.1, -0.05) is 49.6 Å². The van der Waals surface area contributed by atoms with Gasteiger partial charge in [0.25, 0.3) is 11.8 Å². The van der Waals surface area contributed by atoms with E-state index in [9.17, 15) is 38.3 Å². The Morgan fingerprint density at radius 2 is 1.58 bits per heavy atom. The van der Waals surface area contributed by atoms with E-state index in [1.54, 1.807) is 11.1 Å². The Hall–Kier alpha value is -5.51. The van der Waals surface area contributed by atoms with Gasteiger partial charge in [0.1, 0.15) is 18.2 Å². The highest BCUT2D eigenvalue weighted by atomic mass is 32.2. The summed E-state index contributed by atoms with van der Waals surface area (Å²) in [4.78, 5) is 76.2. The SMILES string of the molecule is O=C(O)NCCCN(C(=O)CSCCC(=O)NCCNC(=O)CN1C(=O)C=CC1=O)C(c1cc(-c2cc(F)ccc2F)cn1Cc1ccccc1)C1CCCCC1. The first-order valence-electron chi connectivity index (χ1n) is 19.1. The molecule has 4 N–H and O–H groups in total. The number of benzene rings is 2. The minimum Gasteiger partial charge on any atom is -0.465 e. The van der Waals surface area contributed by atoms with Crippen LogP contribution < -0.4 is 16.0 Å². The molecule has 2 aromatic carbocycles. The smallest absolute Gasteiger partial charge is 0.404 e. The van der Waals surface area contributed by atoms with E-state index in [0.29, 0.717) is 24.3 Å². The molecular weight excluding hydrogens is 759 g/mol. The topological polar surface area (TPSA) is 170 Å². The minimum absolute atomic E-state index is 0.0481. The summed E-state index contributed by atoms with van der Waals surface area (Å²) in [5.41, 5.74) is 2.34. The number of carbonyl (C=O) groups is 6. The second-order valence-electron chi connectivity index (χ2n) is 14.0. The van der Waals surface area contributed by atoms with Gasteiger partial charge in [0.05, 0.1) is 11.8 Å². The van der Waals surface area contributed by atoms with Gasteiger partial charge in [-0.2, -0.15) is 11.8 Å². The molecule has 1 aliphatic carbocycles. The fraction of sp³-hybridized carbons (Fsp3) is 0.415. The standard InChI is InChI=1S/C41H48F2N6O7S/c42-31-12-13-33(43)32(23-31)30-22-34(47(25-30)24-28-8-3-1-4-9-28)40(29-10-5-2-6-11-29)48(20-7-17-46-41(55)56)39(54)27-57-21-16-35(50)44-18-19-45-36(51)26-49-37(52)14-15-38(49)53/h1,3-4,8-9,12-15,22-23,25,29,40,46H,2,5-7,10-11,16-21,24,26-27H2,(H,44,50)(H,45,51)(H,55,56). The predicted octanol–water partition coefficient (Wildman–Crippen LogP) is 4.87. The van der Waals surface area contributed by atoms with Crippen molar-refractivity contribution in [1.82, 2.24) is 30.3 Å². The Kier molecular flexibility index (Phi) is 15.8. The van der Waals surface area contributed by atoms with Crippen LogP contribution in [0.25, 0.3) is 11.1 Å². The number of rotatable bonds is 20. The first-order valence-corrected chi connectivity index (χ1v) is 20.3. The molecule has 2 heterocycles. The molecule has 304 valence electrons. The number of carbonyl (C=O) groups excluding carboxylic acids is 5. The van der Waals surface area contributed by atoms with E-state index in [-0.39, 0.29) is 61.6 Å². The van der Waals surface area contributed by atoms with Crippen LogP contribution in [0, 0.1) is 17.6 Å². The van der Waals surface area contributed by atoms with Crippen molar-refractivity contribution < 1.29 is 42.7 Å². The highest BCUT2D eigenvalue weighted by Gasteiger charge is 2.35. The average Bonchev–Trinajstić information content (AvgIpc) is 3.75. The Bertz CT molecular complexity index is 1920. The highest BCUT2D eigenvalue weighted by Crippen LogP contribution is 2.41. The van der Waals surface area contributed by atoms with Gasteiger partial charge >= 0.3 is 6.09 Å². The lowest BCUT2D eigenvalue weighted by atomic mass is 9.81. The Balaban J connectivity index is 1.29. The lowest BCUT2D eigenvalue weighted by molar-refractivity contribution is -0.141. The molecule has 0 spiro atoms. The van der Waals surface area contributed by atoms with Crippen molar-refractivity contribution in [3.63, 3.8) is 0 Å². The van der Waals surface area contributed by atoms with Crippen LogP contribution in [0.3, 0.4) is 0 Å². The monoisotopic (exact) mass is 806 g/mol. The molecule has 5 rings (SSSR count). The zero-order valence-corrected chi connectivity index (χ0v) is 32.4. The van der Waals surface area contributed by atoms with Crippen molar-refractivity contribution in [3.05, 3.63) is 95.8 Å². The molecule has 1 fully saturated rings. The number of imide groups is 1. The summed E-state index contributed by atoms with van der Waals surface area (Å²) < 4.78 is 31.7. The molecular formula is C41H48F2N6O7S. The second kappa shape index (κ2) is 21.1. The average molecular weight is 807 g/mol. The number of nitrogens with one attached hydrogen (secondary N) is 3. The zero-order chi connectivity index (χ0) is 40.7. The Labute approximate surface area is 334 Å². The second-order valence-corrected chi connectivity index (χ2v) is 15.1. The quantitative estimate of drug-likeness (QED) is 0.0927. The molecule has 1 atom stereocenters. The first-order chi connectivity index (χ1) is 27.5.